The van der Waals surface area contributed by atoms with Gasteiger partial charge in [0, 0.05) is 24.7 Å². The Bertz CT molecular complexity index is 408. The van der Waals surface area contributed by atoms with E-state index in [0.29, 0.717) is 11.6 Å². The predicted octanol–water partition coefficient (Wildman–Crippen LogP) is 0.317. The zero-order valence-corrected chi connectivity index (χ0v) is 11.3. The van der Waals surface area contributed by atoms with E-state index in [1.165, 1.54) is 30.5 Å². The minimum atomic E-state index is 0.356. The molecule has 1 N–H and O–H groups in total. The molecule has 1 aromatic heterocycles. The molecule has 1 atom stereocenters. The summed E-state index contributed by atoms with van der Waals surface area (Å²) < 4.78 is 0. The molecule has 1 unspecified atom stereocenters. The van der Waals surface area contributed by atoms with E-state index in [2.05, 4.69) is 32.6 Å². The van der Waals surface area contributed by atoms with Gasteiger partial charge < -0.3 is 5.32 Å². The molecule has 0 radical (unpaired) electrons. The molecule has 6 heteroatoms. The second-order valence-electron chi connectivity index (χ2n) is 5.82. The summed E-state index contributed by atoms with van der Waals surface area (Å²) in [5.41, 5.74) is 0.356. The predicted molar refractivity (Wildman–Crippen MR) is 67.9 cm³/mol. The van der Waals surface area contributed by atoms with Crippen molar-refractivity contribution in [3.63, 3.8) is 0 Å². The van der Waals surface area contributed by atoms with Crippen molar-refractivity contribution in [2.24, 2.45) is 7.05 Å². The molecule has 0 bridgehead atoms. The van der Waals surface area contributed by atoms with Gasteiger partial charge in [0.1, 0.15) is 0 Å². The third-order valence-corrected chi connectivity index (χ3v) is 4.36. The van der Waals surface area contributed by atoms with E-state index in [4.69, 9.17) is 0 Å². The maximum absolute atomic E-state index is 4.29. The lowest BCUT2D eigenvalue weighted by Gasteiger charge is -2.44. The fourth-order valence-corrected chi connectivity index (χ4v) is 3.26. The van der Waals surface area contributed by atoms with Crippen molar-refractivity contribution < 1.29 is 0 Å². The molecule has 1 aliphatic carbocycles. The molecule has 1 spiro atoms. The molecule has 6 nitrogen and oxygen atoms in total. The van der Waals surface area contributed by atoms with Crippen molar-refractivity contribution >= 4 is 0 Å². The van der Waals surface area contributed by atoms with Crippen LogP contribution in [0.4, 0.5) is 0 Å². The Morgan fingerprint density at radius 3 is 2.83 bits per heavy atom. The van der Waals surface area contributed by atoms with Crippen LogP contribution in [0.5, 0.6) is 0 Å². The maximum Gasteiger partial charge on any atom is 0.188 e. The third kappa shape index (κ3) is 2.27. The fourth-order valence-electron chi connectivity index (χ4n) is 3.26. The molecule has 1 aliphatic heterocycles. The van der Waals surface area contributed by atoms with Crippen molar-refractivity contribution in [2.75, 3.05) is 13.1 Å². The van der Waals surface area contributed by atoms with E-state index in [-0.39, 0.29) is 0 Å². The second kappa shape index (κ2) is 4.59. The lowest BCUT2D eigenvalue weighted by Crippen LogP contribution is -2.62. The van der Waals surface area contributed by atoms with Gasteiger partial charge in [-0.2, -0.15) is 4.80 Å². The van der Waals surface area contributed by atoms with Crippen molar-refractivity contribution in [1.82, 2.24) is 30.4 Å². The maximum atomic E-state index is 4.29. The van der Waals surface area contributed by atoms with Gasteiger partial charge in [0.05, 0.1) is 13.6 Å². The third-order valence-electron chi connectivity index (χ3n) is 4.36. The Balaban J connectivity index is 1.69. The first-order chi connectivity index (χ1) is 8.67. The highest BCUT2D eigenvalue weighted by atomic mass is 15.6. The van der Waals surface area contributed by atoms with E-state index in [0.717, 1.165) is 25.5 Å². The van der Waals surface area contributed by atoms with Crippen LogP contribution in [-0.4, -0.2) is 49.8 Å². The number of rotatable bonds is 2. The summed E-state index contributed by atoms with van der Waals surface area (Å²) in [5, 5.41) is 16.1. The minimum Gasteiger partial charge on any atom is -0.308 e. The van der Waals surface area contributed by atoms with Crippen molar-refractivity contribution in [3.8, 4) is 0 Å². The number of piperazine rings is 1. The van der Waals surface area contributed by atoms with Gasteiger partial charge in [-0.3, -0.25) is 4.90 Å². The van der Waals surface area contributed by atoms with E-state index in [1.54, 1.807) is 0 Å². The Labute approximate surface area is 108 Å². The van der Waals surface area contributed by atoms with Gasteiger partial charge in [-0.25, -0.2) is 0 Å². The summed E-state index contributed by atoms with van der Waals surface area (Å²) >= 11 is 0. The van der Waals surface area contributed by atoms with Gasteiger partial charge in [0.15, 0.2) is 5.82 Å². The summed E-state index contributed by atoms with van der Waals surface area (Å²) in [6.45, 7) is 5.27. The number of hydrogen-bond acceptors (Lipinski definition) is 5. The smallest absolute Gasteiger partial charge is 0.188 e. The van der Waals surface area contributed by atoms with Crippen LogP contribution in [0.2, 0.25) is 0 Å². The van der Waals surface area contributed by atoms with Gasteiger partial charge >= 0.3 is 0 Å². The van der Waals surface area contributed by atoms with Crippen LogP contribution in [0.25, 0.3) is 0 Å². The van der Waals surface area contributed by atoms with E-state index in [1.807, 2.05) is 7.05 Å². The SMILES string of the molecule is CC1CNC2(CCCC2)CN1Cc1nnn(C)n1. The quantitative estimate of drug-likeness (QED) is 0.819. The number of nitrogens with one attached hydrogen (secondary N) is 1. The molecular formula is C12H22N6. The Kier molecular flexibility index (Phi) is 3.07. The first kappa shape index (κ1) is 12.0. The normalized spacial score (nSPS) is 28.0. The highest BCUT2D eigenvalue weighted by Crippen LogP contribution is 2.33. The molecule has 1 saturated carbocycles. The molecule has 2 fully saturated rings. The molecule has 18 heavy (non-hydrogen) atoms. The topological polar surface area (TPSA) is 58.9 Å². The first-order valence-corrected chi connectivity index (χ1v) is 6.89. The summed E-state index contributed by atoms with van der Waals surface area (Å²) in [7, 11) is 1.82. The zero-order chi connectivity index (χ0) is 12.6. The van der Waals surface area contributed by atoms with Gasteiger partial charge in [-0.1, -0.05) is 12.8 Å². The fraction of sp³-hybridized carbons (Fsp3) is 0.917. The van der Waals surface area contributed by atoms with Crippen LogP contribution in [0, 0.1) is 0 Å². The van der Waals surface area contributed by atoms with Gasteiger partial charge in [0.25, 0.3) is 0 Å². The molecule has 2 aliphatic rings. The Morgan fingerprint density at radius 2 is 2.17 bits per heavy atom. The molecule has 0 amide bonds. The number of aromatic nitrogens is 4. The number of hydrogen-bond donors (Lipinski definition) is 1. The van der Waals surface area contributed by atoms with E-state index in [9.17, 15) is 0 Å². The molecule has 1 saturated heterocycles. The average molecular weight is 250 g/mol. The molecule has 2 heterocycles. The number of aryl methyl sites for hydroxylation is 1. The van der Waals surface area contributed by atoms with Crippen LogP contribution in [0.15, 0.2) is 0 Å². The van der Waals surface area contributed by atoms with Crippen molar-refractivity contribution in [2.45, 2.75) is 50.7 Å². The summed E-state index contributed by atoms with van der Waals surface area (Å²) in [6.07, 6.45) is 5.34. The second-order valence-corrected chi connectivity index (χ2v) is 5.82. The van der Waals surface area contributed by atoms with Crippen LogP contribution in [-0.2, 0) is 13.6 Å². The summed E-state index contributed by atoms with van der Waals surface area (Å²) in [4.78, 5) is 4.03. The zero-order valence-electron chi connectivity index (χ0n) is 11.3. The summed E-state index contributed by atoms with van der Waals surface area (Å²) in [6, 6.07) is 0.542. The van der Waals surface area contributed by atoms with Crippen LogP contribution < -0.4 is 5.32 Å². The van der Waals surface area contributed by atoms with Crippen LogP contribution in [0.1, 0.15) is 38.4 Å². The highest BCUT2D eigenvalue weighted by Gasteiger charge is 2.40. The largest absolute Gasteiger partial charge is 0.308 e. The Morgan fingerprint density at radius 1 is 1.39 bits per heavy atom. The molecule has 100 valence electrons. The molecule has 0 aromatic carbocycles. The van der Waals surface area contributed by atoms with E-state index >= 15 is 0 Å². The highest BCUT2D eigenvalue weighted by molar-refractivity contribution is 5.00. The Hall–Kier alpha value is -1.01. The lowest BCUT2D eigenvalue weighted by molar-refractivity contribution is 0.0803. The van der Waals surface area contributed by atoms with Crippen molar-refractivity contribution in [1.29, 1.82) is 0 Å². The van der Waals surface area contributed by atoms with Gasteiger partial charge in [-0.05, 0) is 25.0 Å². The van der Waals surface area contributed by atoms with Crippen LogP contribution >= 0.6 is 0 Å². The van der Waals surface area contributed by atoms with Gasteiger partial charge in [-0.15, -0.1) is 10.2 Å². The number of tetrazole rings is 1. The summed E-state index contributed by atoms with van der Waals surface area (Å²) in [5.74, 6) is 0.833. The van der Waals surface area contributed by atoms with Crippen molar-refractivity contribution in [3.05, 3.63) is 5.82 Å². The standard InChI is InChI=1S/C12H22N6/c1-10-7-13-12(5-3-4-6-12)9-18(10)8-11-14-16-17(2)15-11/h10,13H,3-9H2,1-2H3. The van der Waals surface area contributed by atoms with E-state index < -0.39 is 0 Å². The molecular weight excluding hydrogens is 228 g/mol. The number of nitrogens with zero attached hydrogens (tertiary/aromatic N) is 5. The molecule has 1 aromatic rings. The first-order valence-electron chi connectivity index (χ1n) is 6.89. The average Bonchev–Trinajstić information content (AvgIpc) is 2.95. The van der Waals surface area contributed by atoms with Crippen LogP contribution in [0.3, 0.4) is 0 Å². The minimum absolute atomic E-state index is 0.356. The lowest BCUT2D eigenvalue weighted by atomic mass is 9.92. The van der Waals surface area contributed by atoms with Gasteiger partial charge in [0.2, 0.25) is 0 Å². The monoisotopic (exact) mass is 250 g/mol. The molecule has 3 rings (SSSR count).